The highest BCUT2D eigenvalue weighted by molar-refractivity contribution is 7.99. The van der Waals surface area contributed by atoms with Gasteiger partial charge in [-0.3, -0.25) is 0 Å². The van der Waals surface area contributed by atoms with Gasteiger partial charge in [0.05, 0.1) is 5.25 Å². The Labute approximate surface area is 175 Å². The quantitative estimate of drug-likeness (QED) is 0.372. The molecule has 3 aromatic heterocycles. The van der Waals surface area contributed by atoms with Crippen LogP contribution in [0, 0.1) is 5.82 Å². The van der Waals surface area contributed by atoms with Crippen LogP contribution in [0.5, 0.6) is 0 Å². The smallest absolute Gasteiger partial charge is 0.247 e. The molecule has 0 saturated heterocycles. The zero-order chi connectivity index (χ0) is 19.8. The largest absolute Gasteiger partial charge is 0.419 e. The maximum atomic E-state index is 13.1. The molecule has 9 heteroatoms. The predicted molar refractivity (Wildman–Crippen MR) is 109 cm³/mol. The zero-order valence-electron chi connectivity index (χ0n) is 15.7. The molecule has 3 heterocycles. The summed E-state index contributed by atoms with van der Waals surface area (Å²) >= 11 is 3.31. The number of aromatic nitrogens is 5. The number of halogens is 1. The fourth-order valence-corrected chi connectivity index (χ4v) is 4.76. The van der Waals surface area contributed by atoms with Gasteiger partial charge >= 0.3 is 0 Å². The molecule has 0 spiro atoms. The van der Waals surface area contributed by atoms with E-state index >= 15 is 0 Å². The van der Waals surface area contributed by atoms with Crippen molar-refractivity contribution in [3.05, 3.63) is 64.2 Å². The number of hydrogen-bond acceptors (Lipinski definition) is 7. The van der Waals surface area contributed by atoms with Crippen molar-refractivity contribution < 1.29 is 8.81 Å². The van der Waals surface area contributed by atoms with E-state index in [0.29, 0.717) is 23.4 Å². The molecule has 5 rings (SSSR count). The molecular weight excluding hydrogens is 409 g/mol. The Bertz CT molecular complexity index is 1100. The molecule has 1 saturated carbocycles. The second-order valence-electron chi connectivity index (χ2n) is 6.97. The summed E-state index contributed by atoms with van der Waals surface area (Å²) in [5, 5.41) is 20.1. The van der Waals surface area contributed by atoms with E-state index in [0.717, 1.165) is 30.2 Å². The second-order valence-corrected chi connectivity index (χ2v) is 9.31. The summed E-state index contributed by atoms with van der Waals surface area (Å²) in [6, 6.07) is 10.7. The standard InChI is InChI=1S/C20H18FN5OS2/c1-12(18-23-24-19(27-18)13-4-6-14(21)7-5-13)29-20-25-22-17(26(20)15-8-9-15)11-16-3-2-10-28-16/h2-7,10,12,15H,8-9,11H2,1H3/t12-/m1/s1. The zero-order valence-corrected chi connectivity index (χ0v) is 17.3. The highest BCUT2D eigenvalue weighted by atomic mass is 32.2. The van der Waals surface area contributed by atoms with E-state index in [1.165, 1.54) is 17.0 Å². The summed E-state index contributed by atoms with van der Waals surface area (Å²) in [5.74, 6) is 1.60. The van der Waals surface area contributed by atoms with Crippen LogP contribution in [0.2, 0.25) is 0 Å². The second kappa shape index (κ2) is 7.72. The molecule has 29 heavy (non-hydrogen) atoms. The minimum absolute atomic E-state index is 0.0759. The average molecular weight is 428 g/mol. The van der Waals surface area contributed by atoms with Gasteiger partial charge < -0.3 is 8.98 Å². The van der Waals surface area contributed by atoms with Crippen molar-refractivity contribution in [3.63, 3.8) is 0 Å². The van der Waals surface area contributed by atoms with E-state index in [2.05, 4.69) is 42.5 Å². The van der Waals surface area contributed by atoms with Gasteiger partial charge in [-0.1, -0.05) is 17.8 Å². The number of rotatable bonds is 7. The minimum atomic E-state index is -0.296. The topological polar surface area (TPSA) is 69.6 Å². The number of hydrogen-bond donors (Lipinski definition) is 0. The van der Waals surface area contributed by atoms with Crippen molar-refractivity contribution in [3.8, 4) is 11.5 Å². The van der Waals surface area contributed by atoms with Crippen LogP contribution in [-0.2, 0) is 6.42 Å². The number of thiophene rings is 1. The van der Waals surface area contributed by atoms with E-state index in [1.54, 1.807) is 35.2 Å². The summed E-state index contributed by atoms with van der Waals surface area (Å²) in [6.07, 6.45) is 3.12. The van der Waals surface area contributed by atoms with E-state index in [1.807, 2.05) is 6.92 Å². The molecule has 0 N–H and O–H groups in total. The maximum Gasteiger partial charge on any atom is 0.247 e. The van der Waals surface area contributed by atoms with Crippen LogP contribution in [0.15, 0.2) is 51.4 Å². The van der Waals surface area contributed by atoms with Gasteiger partial charge in [0.2, 0.25) is 11.8 Å². The Kier molecular flexibility index (Phi) is 4.92. The average Bonchev–Trinajstić information content (AvgIpc) is 3.13. The Hall–Kier alpha value is -2.52. The van der Waals surface area contributed by atoms with Crippen molar-refractivity contribution in [2.24, 2.45) is 0 Å². The van der Waals surface area contributed by atoms with Crippen molar-refractivity contribution in [2.45, 2.75) is 42.6 Å². The fourth-order valence-electron chi connectivity index (χ4n) is 3.09. The monoisotopic (exact) mass is 427 g/mol. The molecule has 6 nitrogen and oxygen atoms in total. The fraction of sp³-hybridized carbons (Fsp3) is 0.300. The van der Waals surface area contributed by atoms with Crippen LogP contribution in [0.4, 0.5) is 4.39 Å². The third-order valence-electron chi connectivity index (χ3n) is 4.72. The van der Waals surface area contributed by atoms with Crippen LogP contribution in [0.25, 0.3) is 11.5 Å². The van der Waals surface area contributed by atoms with Crippen LogP contribution >= 0.6 is 23.1 Å². The Morgan fingerprint density at radius 3 is 2.72 bits per heavy atom. The SMILES string of the molecule is C[C@@H](Sc1nnc(Cc2cccs2)n1C1CC1)c1nnc(-c2ccc(F)cc2)o1. The molecule has 1 aliphatic rings. The predicted octanol–water partition coefficient (Wildman–Crippen LogP) is 5.31. The Morgan fingerprint density at radius 2 is 2.00 bits per heavy atom. The minimum Gasteiger partial charge on any atom is -0.419 e. The van der Waals surface area contributed by atoms with Crippen molar-refractivity contribution in [1.29, 1.82) is 0 Å². The molecule has 1 aliphatic carbocycles. The molecular formula is C20H18FN5OS2. The lowest BCUT2D eigenvalue weighted by atomic mass is 10.2. The van der Waals surface area contributed by atoms with Crippen LogP contribution in [0.1, 0.15) is 47.6 Å². The van der Waals surface area contributed by atoms with Gasteiger partial charge in [0, 0.05) is 22.9 Å². The van der Waals surface area contributed by atoms with Crippen molar-refractivity contribution >= 4 is 23.1 Å². The molecule has 1 aromatic carbocycles. The summed E-state index contributed by atoms with van der Waals surface area (Å²) in [5.41, 5.74) is 0.696. The van der Waals surface area contributed by atoms with E-state index in [-0.39, 0.29) is 11.1 Å². The van der Waals surface area contributed by atoms with Crippen LogP contribution in [-0.4, -0.2) is 25.0 Å². The molecule has 0 unspecified atom stereocenters. The number of benzene rings is 1. The first kappa shape index (κ1) is 18.5. The highest BCUT2D eigenvalue weighted by Crippen LogP contribution is 2.42. The van der Waals surface area contributed by atoms with Gasteiger partial charge in [-0.05, 0) is 55.5 Å². The molecule has 0 radical (unpaired) electrons. The summed E-state index contributed by atoms with van der Waals surface area (Å²) in [4.78, 5) is 1.28. The third kappa shape index (κ3) is 3.97. The van der Waals surface area contributed by atoms with Gasteiger partial charge in [-0.15, -0.1) is 31.7 Å². The molecule has 0 aliphatic heterocycles. The first-order valence-electron chi connectivity index (χ1n) is 9.39. The van der Waals surface area contributed by atoms with E-state index in [4.69, 9.17) is 4.42 Å². The van der Waals surface area contributed by atoms with Gasteiger partial charge in [-0.25, -0.2) is 4.39 Å². The highest BCUT2D eigenvalue weighted by Gasteiger charge is 2.31. The van der Waals surface area contributed by atoms with Gasteiger partial charge in [0.25, 0.3) is 0 Å². The van der Waals surface area contributed by atoms with Gasteiger partial charge in [0.15, 0.2) is 5.16 Å². The maximum absolute atomic E-state index is 13.1. The lowest BCUT2D eigenvalue weighted by molar-refractivity contribution is 0.508. The van der Waals surface area contributed by atoms with E-state index in [9.17, 15) is 4.39 Å². The molecule has 0 bridgehead atoms. The van der Waals surface area contributed by atoms with Crippen LogP contribution in [0.3, 0.4) is 0 Å². The summed E-state index contributed by atoms with van der Waals surface area (Å²) in [6.45, 7) is 2.01. The Balaban J connectivity index is 1.35. The third-order valence-corrected chi connectivity index (χ3v) is 6.64. The van der Waals surface area contributed by atoms with Crippen molar-refractivity contribution in [1.82, 2.24) is 25.0 Å². The Morgan fingerprint density at radius 1 is 1.17 bits per heavy atom. The van der Waals surface area contributed by atoms with Crippen molar-refractivity contribution in [2.75, 3.05) is 0 Å². The lowest BCUT2D eigenvalue weighted by Gasteiger charge is -2.10. The van der Waals surface area contributed by atoms with Gasteiger partial charge in [-0.2, -0.15) is 0 Å². The van der Waals surface area contributed by atoms with E-state index < -0.39 is 0 Å². The number of thioether (sulfide) groups is 1. The lowest BCUT2D eigenvalue weighted by Crippen LogP contribution is -2.04. The molecule has 4 aromatic rings. The van der Waals surface area contributed by atoms with Crippen LogP contribution < -0.4 is 0 Å². The first-order chi connectivity index (χ1) is 14.2. The molecule has 1 atom stereocenters. The molecule has 148 valence electrons. The number of nitrogens with zero attached hydrogens (tertiary/aromatic N) is 5. The normalized spacial score (nSPS) is 15.0. The first-order valence-corrected chi connectivity index (χ1v) is 11.2. The van der Waals surface area contributed by atoms with Gasteiger partial charge in [0.1, 0.15) is 11.6 Å². The molecule has 0 amide bonds. The summed E-state index contributed by atoms with van der Waals surface area (Å²) in [7, 11) is 0. The molecule has 1 fully saturated rings. The summed E-state index contributed by atoms with van der Waals surface area (Å²) < 4.78 is 21.2.